The summed E-state index contributed by atoms with van der Waals surface area (Å²) in [7, 11) is 0. The summed E-state index contributed by atoms with van der Waals surface area (Å²) in [5.74, 6) is -0.878. The molecule has 77 heavy (non-hydrogen) atoms. The number of rotatable bonds is 62. The molecular formula is C71H128O6. The summed E-state index contributed by atoms with van der Waals surface area (Å²) in [6, 6.07) is 0. The Kier molecular flexibility index (Phi) is 63.2. The lowest BCUT2D eigenvalue weighted by molar-refractivity contribution is -0.167. The molecule has 0 aliphatic carbocycles. The summed E-state index contributed by atoms with van der Waals surface area (Å²) in [4.78, 5) is 38.4. The van der Waals surface area contributed by atoms with Crippen LogP contribution in [0.4, 0.5) is 0 Å². The van der Waals surface area contributed by atoms with E-state index in [-0.39, 0.29) is 31.1 Å². The fourth-order valence-corrected chi connectivity index (χ4v) is 9.85. The van der Waals surface area contributed by atoms with Gasteiger partial charge in [0.15, 0.2) is 6.10 Å². The molecule has 6 nitrogen and oxygen atoms in total. The second kappa shape index (κ2) is 65.6. The molecule has 0 N–H and O–H groups in total. The van der Waals surface area contributed by atoms with Crippen LogP contribution in [0.1, 0.15) is 355 Å². The first-order valence-corrected chi connectivity index (χ1v) is 33.8. The van der Waals surface area contributed by atoms with E-state index in [0.717, 1.165) is 83.5 Å². The number of ether oxygens (including phenoxy) is 3. The summed E-state index contributed by atoms with van der Waals surface area (Å²) < 4.78 is 17.0. The van der Waals surface area contributed by atoms with Crippen LogP contribution >= 0.6 is 0 Å². The summed E-state index contributed by atoms with van der Waals surface area (Å²) in [6.45, 7) is 6.62. The highest BCUT2D eigenvalue weighted by atomic mass is 16.6. The van der Waals surface area contributed by atoms with Crippen molar-refractivity contribution in [3.63, 3.8) is 0 Å². The van der Waals surface area contributed by atoms with Crippen molar-refractivity contribution in [2.75, 3.05) is 13.2 Å². The molecular weight excluding hydrogens is 949 g/mol. The van der Waals surface area contributed by atoms with Gasteiger partial charge in [-0.2, -0.15) is 0 Å². The van der Waals surface area contributed by atoms with Crippen LogP contribution in [0.2, 0.25) is 0 Å². The fourth-order valence-electron chi connectivity index (χ4n) is 9.85. The largest absolute Gasteiger partial charge is 0.462 e. The number of allylic oxidation sites excluding steroid dienone is 10. The van der Waals surface area contributed by atoms with Crippen LogP contribution in [0.15, 0.2) is 60.8 Å². The van der Waals surface area contributed by atoms with Crippen LogP contribution in [0.5, 0.6) is 0 Å². The molecule has 0 saturated heterocycles. The highest BCUT2D eigenvalue weighted by Gasteiger charge is 2.19. The second-order valence-electron chi connectivity index (χ2n) is 22.7. The van der Waals surface area contributed by atoms with E-state index in [0.29, 0.717) is 19.3 Å². The zero-order valence-electron chi connectivity index (χ0n) is 51.5. The maximum absolute atomic E-state index is 12.9. The molecule has 0 fully saturated rings. The predicted octanol–water partition coefficient (Wildman–Crippen LogP) is 23.1. The molecule has 0 spiro atoms. The number of carbonyl (C=O) groups excluding carboxylic acids is 3. The molecule has 0 aromatic heterocycles. The van der Waals surface area contributed by atoms with Crippen molar-refractivity contribution in [3.8, 4) is 0 Å². The smallest absolute Gasteiger partial charge is 0.306 e. The number of unbranched alkanes of at least 4 members (excludes halogenated alkanes) is 41. The fraction of sp³-hybridized carbons (Fsp3) is 0.817. The van der Waals surface area contributed by atoms with Gasteiger partial charge in [-0.05, 0) is 109 Å². The Balaban J connectivity index is 4.30. The molecule has 0 aliphatic heterocycles. The van der Waals surface area contributed by atoms with Crippen molar-refractivity contribution in [3.05, 3.63) is 60.8 Å². The first-order chi connectivity index (χ1) is 38.0. The van der Waals surface area contributed by atoms with Crippen molar-refractivity contribution < 1.29 is 28.6 Å². The first-order valence-electron chi connectivity index (χ1n) is 33.8. The van der Waals surface area contributed by atoms with Gasteiger partial charge in [0.05, 0.1) is 0 Å². The molecule has 1 atom stereocenters. The van der Waals surface area contributed by atoms with Gasteiger partial charge in [0.1, 0.15) is 13.2 Å². The molecule has 1 unspecified atom stereocenters. The van der Waals surface area contributed by atoms with Crippen molar-refractivity contribution in [2.45, 2.75) is 361 Å². The van der Waals surface area contributed by atoms with Crippen LogP contribution in [-0.2, 0) is 28.6 Å². The van der Waals surface area contributed by atoms with Gasteiger partial charge in [-0.15, -0.1) is 0 Å². The van der Waals surface area contributed by atoms with Crippen molar-refractivity contribution in [2.24, 2.45) is 0 Å². The summed E-state index contributed by atoms with van der Waals surface area (Å²) in [5.41, 5.74) is 0. The lowest BCUT2D eigenvalue weighted by Crippen LogP contribution is -2.30. The van der Waals surface area contributed by atoms with Crippen molar-refractivity contribution in [1.29, 1.82) is 0 Å². The molecule has 0 amide bonds. The Morgan fingerprint density at radius 1 is 0.260 bits per heavy atom. The molecule has 0 radical (unpaired) electrons. The molecule has 0 aliphatic rings. The standard InChI is InChI=1S/C71H128O6/c1-4-7-10-13-16-19-22-25-28-30-32-33-34-35-36-37-39-40-43-46-49-52-55-58-61-64-70(73)76-67-68(66-75-69(72)63-60-57-54-51-48-45-42-27-24-21-18-15-12-9-6-3)77-71(74)65-62-59-56-53-50-47-44-41-38-31-29-26-23-20-17-14-11-8-5-2/h17-18,20-21,26-27,29-30,32,42,68H,4-16,19,22-25,28,31,33-41,43-67H2,1-3H3/b20-17-,21-18-,29-26-,32-30-,42-27-. The topological polar surface area (TPSA) is 78.9 Å². The predicted molar refractivity (Wildman–Crippen MR) is 335 cm³/mol. The highest BCUT2D eigenvalue weighted by molar-refractivity contribution is 5.71. The summed E-state index contributed by atoms with van der Waals surface area (Å²) >= 11 is 0. The van der Waals surface area contributed by atoms with Gasteiger partial charge < -0.3 is 14.2 Å². The number of hydrogen-bond donors (Lipinski definition) is 0. The lowest BCUT2D eigenvalue weighted by Gasteiger charge is -2.18. The quantitative estimate of drug-likeness (QED) is 0.0261. The van der Waals surface area contributed by atoms with Crippen LogP contribution < -0.4 is 0 Å². The minimum Gasteiger partial charge on any atom is -0.462 e. The molecule has 0 saturated carbocycles. The van der Waals surface area contributed by atoms with Gasteiger partial charge in [0.25, 0.3) is 0 Å². The van der Waals surface area contributed by atoms with Crippen LogP contribution in [0.25, 0.3) is 0 Å². The van der Waals surface area contributed by atoms with E-state index in [2.05, 4.69) is 81.5 Å². The van der Waals surface area contributed by atoms with Gasteiger partial charge >= 0.3 is 17.9 Å². The average molecular weight is 1080 g/mol. The van der Waals surface area contributed by atoms with Gasteiger partial charge in [-0.1, -0.05) is 287 Å². The number of carbonyl (C=O) groups is 3. The molecule has 0 aromatic carbocycles. The maximum atomic E-state index is 12.9. The molecule has 0 bridgehead atoms. The van der Waals surface area contributed by atoms with Crippen LogP contribution in [0, 0.1) is 0 Å². The van der Waals surface area contributed by atoms with E-state index in [1.165, 1.54) is 231 Å². The molecule has 0 rings (SSSR count). The Morgan fingerprint density at radius 2 is 0.468 bits per heavy atom. The minimum atomic E-state index is -0.783. The maximum Gasteiger partial charge on any atom is 0.306 e. The van der Waals surface area contributed by atoms with Crippen molar-refractivity contribution >= 4 is 17.9 Å². The average Bonchev–Trinajstić information content (AvgIpc) is 3.43. The van der Waals surface area contributed by atoms with E-state index < -0.39 is 6.10 Å². The van der Waals surface area contributed by atoms with E-state index in [9.17, 15) is 14.4 Å². The Morgan fingerprint density at radius 3 is 0.753 bits per heavy atom. The number of hydrogen-bond acceptors (Lipinski definition) is 6. The Hall–Kier alpha value is -2.89. The van der Waals surface area contributed by atoms with E-state index in [4.69, 9.17) is 14.2 Å². The van der Waals surface area contributed by atoms with E-state index in [1.54, 1.807) is 0 Å². The van der Waals surface area contributed by atoms with Crippen LogP contribution in [0.3, 0.4) is 0 Å². The normalized spacial score (nSPS) is 12.4. The van der Waals surface area contributed by atoms with Gasteiger partial charge in [-0.3, -0.25) is 14.4 Å². The third-order valence-electron chi connectivity index (χ3n) is 15.0. The molecule has 448 valence electrons. The summed E-state index contributed by atoms with van der Waals surface area (Å²) in [6.07, 6.45) is 83.8. The van der Waals surface area contributed by atoms with Crippen LogP contribution in [-0.4, -0.2) is 37.2 Å². The van der Waals surface area contributed by atoms with Gasteiger partial charge in [0, 0.05) is 19.3 Å². The molecule has 0 heterocycles. The highest BCUT2D eigenvalue weighted by Crippen LogP contribution is 2.17. The van der Waals surface area contributed by atoms with Gasteiger partial charge in [0.2, 0.25) is 0 Å². The first kappa shape index (κ1) is 74.1. The van der Waals surface area contributed by atoms with E-state index >= 15 is 0 Å². The third-order valence-corrected chi connectivity index (χ3v) is 15.0. The van der Waals surface area contributed by atoms with Gasteiger partial charge in [-0.25, -0.2) is 0 Å². The van der Waals surface area contributed by atoms with E-state index in [1.807, 2.05) is 0 Å². The minimum absolute atomic E-state index is 0.0782. The zero-order valence-corrected chi connectivity index (χ0v) is 51.5. The molecule has 6 heteroatoms. The zero-order chi connectivity index (χ0) is 55.7. The van der Waals surface area contributed by atoms with Crippen molar-refractivity contribution in [1.82, 2.24) is 0 Å². The lowest BCUT2D eigenvalue weighted by atomic mass is 10.0. The molecule has 0 aromatic rings. The SMILES string of the molecule is CCCCC/C=C\C/C=C\CCCCCCCCCCCC(=O)OC(COC(=O)CCCCCCC/C=C\C/C=C\CCCCC)COC(=O)CCCCCCCCCCCCCCC/C=C\CCCCCCCCCC. The second-order valence-corrected chi connectivity index (χ2v) is 22.7. The number of esters is 3. The summed E-state index contributed by atoms with van der Waals surface area (Å²) in [5, 5.41) is 0. The Bertz CT molecular complexity index is 1380. The monoisotopic (exact) mass is 1080 g/mol. The third kappa shape index (κ3) is 63.8. The Labute approximate surface area is 479 Å².